The number of nitrogens with one attached hydrogen (secondary N) is 2. The molecule has 0 aromatic heterocycles. The fourth-order valence-corrected chi connectivity index (χ4v) is 5.28. The van der Waals surface area contributed by atoms with Crippen molar-refractivity contribution in [1.29, 1.82) is 0 Å². The predicted molar refractivity (Wildman–Crippen MR) is 155 cm³/mol. The lowest BCUT2D eigenvalue weighted by Gasteiger charge is -2.26. The second-order valence-corrected chi connectivity index (χ2v) is 12.3. The van der Waals surface area contributed by atoms with Crippen molar-refractivity contribution in [3.8, 4) is 0 Å². The van der Waals surface area contributed by atoms with Gasteiger partial charge in [-0.05, 0) is 47.0 Å². The van der Waals surface area contributed by atoms with Gasteiger partial charge >= 0.3 is 0 Å². The van der Waals surface area contributed by atoms with Gasteiger partial charge in [-0.1, -0.05) is 56.6 Å². The zero-order valence-electron chi connectivity index (χ0n) is 21.9. The number of morpholine rings is 1. The quantitative estimate of drug-likeness (QED) is 0.310. The number of nitrogens with zero attached hydrogens (tertiary/aromatic N) is 2. The Balaban J connectivity index is 0.000000585. The van der Waals surface area contributed by atoms with Crippen molar-refractivity contribution in [1.82, 2.24) is 9.73 Å². The van der Waals surface area contributed by atoms with E-state index in [9.17, 15) is 8.42 Å². The fraction of sp³-hybridized carbons (Fsp3) is 0.462. The largest absolute Gasteiger partial charge is 0.379 e. The molecule has 2 aliphatic heterocycles. The van der Waals surface area contributed by atoms with Crippen LogP contribution in [0.2, 0.25) is 5.02 Å². The molecule has 9 nitrogen and oxygen atoms in total. The third kappa shape index (κ3) is 9.26. The molecule has 0 radical (unpaired) electrons. The molecule has 0 aliphatic carbocycles. The SMILES string of the molecule is C1COCCO1.CC(C)(C)c1ccc(/C=N/NC(=S)Nc2cc(S(=O)(=O)N3CCOCC3)ccc2Cl)cc1. The number of hydrogen-bond donors (Lipinski definition) is 2. The molecule has 0 unspecified atom stereocenters. The predicted octanol–water partition coefficient (Wildman–Crippen LogP) is 4.01. The summed E-state index contributed by atoms with van der Waals surface area (Å²) in [6.07, 6.45) is 1.65. The monoisotopic (exact) mass is 582 g/mol. The van der Waals surface area contributed by atoms with Crippen molar-refractivity contribution in [3.05, 3.63) is 58.6 Å². The number of thiocarbonyl (C=S) groups is 1. The Morgan fingerprint density at radius 1 is 0.974 bits per heavy atom. The van der Waals surface area contributed by atoms with E-state index in [0.29, 0.717) is 37.0 Å². The van der Waals surface area contributed by atoms with Gasteiger partial charge in [-0.25, -0.2) is 8.42 Å². The van der Waals surface area contributed by atoms with Gasteiger partial charge in [0.25, 0.3) is 0 Å². The van der Waals surface area contributed by atoms with E-state index in [1.54, 1.807) is 6.21 Å². The summed E-state index contributed by atoms with van der Waals surface area (Å²) in [5, 5.41) is 7.58. The van der Waals surface area contributed by atoms with Crippen molar-refractivity contribution < 1.29 is 22.6 Å². The minimum Gasteiger partial charge on any atom is -0.379 e. The van der Waals surface area contributed by atoms with Crippen LogP contribution in [0.15, 0.2) is 52.5 Å². The van der Waals surface area contributed by atoms with E-state index in [2.05, 4.69) is 48.7 Å². The summed E-state index contributed by atoms with van der Waals surface area (Å²) in [5.74, 6) is 0. The van der Waals surface area contributed by atoms with Crippen LogP contribution in [0.1, 0.15) is 31.9 Å². The lowest BCUT2D eigenvalue weighted by atomic mass is 9.87. The van der Waals surface area contributed by atoms with Gasteiger partial charge in [0, 0.05) is 13.1 Å². The maximum absolute atomic E-state index is 12.9. The summed E-state index contributed by atoms with van der Waals surface area (Å²) in [7, 11) is -3.64. The highest BCUT2D eigenvalue weighted by atomic mass is 35.5. The van der Waals surface area contributed by atoms with Crippen LogP contribution in [0.5, 0.6) is 0 Å². The highest BCUT2D eigenvalue weighted by Gasteiger charge is 2.27. The van der Waals surface area contributed by atoms with Crippen molar-refractivity contribution in [3.63, 3.8) is 0 Å². The first-order chi connectivity index (χ1) is 18.1. The van der Waals surface area contributed by atoms with Gasteiger partial charge in [-0.2, -0.15) is 9.41 Å². The van der Waals surface area contributed by atoms with Crippen molar-refractivity contribution in [2.75, 3.05) is 58.0 Å². The lowest BCUT2D eigenvalue weighted by Crippen LogP contribution is -2.40. The molecule has 38 heavy (non-hydrogen) atoms. The van der Waals surface area contributed by atoms with E-state index in [1.807, 2.05) is 12.1 Å². The van der Waals surface area contributed by atoms with Crippen LogP contribution in [-0.2, 0) is 29.6 Å². The molecule has 0 atom stereocenters. The van der Waals surface area contributed by atoms with E-state index in [4.69, 9.17) is 38.0 Å². The molecule has 208 valence electrons. The van der Waals surface area contributed by atoms with Crippen molar-refractivity contribution >= 4 is 50.9 Å². The van der Waals surface area contributed by atoms with E-state index in [0.717, 1.165) is 32.0 Å². The van der Waals surface area contributed by atoms with Gasteiger partial charge in [-0.15, -0.1) is 0 Å². The Bertz CT molecular complexity index is 1180. The average Bonchev–Trinajstić information content (AvgIpc) is 2.91. The summed E-state index contributed by atoms with van der Waals surface area (Å²) in [6.45, 7) is 11.0. The zero-order valence-corrected chi connectivity index (χ0v) is 24.3. The van der Waals surface area contributed by atoms with Crippen LogP contribution in [0, 0.1) is 0 Å². The van der Waals surface area contributed by atoms with Crippen LogP contribution in [0.4, 0.5) is 5.69 Å². The second kappa shape index (κ2) is 14.3. The molecule has 2 aromatic carbocycles. The minimum atomic E-state index is -3.64. The summed E-state index contributed by atoms with van der Waals surface area (Å²) in [4.78, 5) is 0.136. The standard InChI is InChI=1S/C22H27ClN4O3S2.C4H8O2/c1-22(2,3)17-6-4-16(5-7-17)15-24-26-21(31)25-20-14-18(8-9-19(20)23)32(28,29)27-10-12-30-13-11-27;1-2-6-4-3-5-1/h4-9,14-15H,10-13H2,1-3H3,(H2,25,26,31);1-4H2/b24-15+;. The fourth-order valence-electron chi connectivity index (χ4n) is 3.52. The third-order valence-electron chi connectivity index (χ3n) is 5.69. The zero-order chi connectivity index (χ0) is 27.6. The number of hydrazone groups is 1. The maximum Gasteiger partial charge on any atom is 0.243 e. The van der Waals surface area contributed by atoms with Crippen LogP contribution in [-0.4, -0.2) is 76.8 Å². The molecule has 2 heterocycles. The Morgan fingerprint density at radius 2 is 1.55 bits per heavy atom. The van der Waals surface area contributed by atoms with Crippen LogP contribution >= 0.6 is 23.8 Å². The lowest BCUT2D eigenvalue weighted by molar-refractivity contribution is -0.0334. The Hall–Kier alpha value is -2.12. The summed E-state index contributed by atoms with van der Waals surface area (Å²) in [6, 6.07) is 12.6. The number of sulfonamides is 1. The molecule has 0 saturated carbocycles. The second-order valence-electron chi connectivity index (χ2n) is 9.58. The van der Waals surface area contributed by atoms with Gasteiger partial charge in [-0.3, -0.25) is 5.43 Å². The van der Waals surface area contributed by atoms with Gasteiger partial charge in [0.1, 0.15) is 0 Å². The highest BCUT2D eigenvalue weighted by Crippen LogP contribution is 2.27. The first kappa shape index (κ1) is 30.4. The number of benzene rings is 2. The van der Waals surface area contributed by atoms with Gasteiger partial charge < -0.3 is 19.5 Å². The number of hydrogen-bond acceptors (Lipinski definition) is 7. The Labute approximate surface area is 235 Å². The van der Waals surface area contributed by atoms with Gasteiger partial charge in [0.2, 0.25) is 10.0 Å². The number of halogens is 1. The molecule has 2 aromatic rings. The molecule has 0 amide bonds. The normalized spacial score (nSPS) is 16.9. The molecule has 2 aliphatic rings. The Kier molecular flexibility index (Phi) is 11.5. The summed E-state index contributed by atoms with van der Waals surface area (Å²) in [5.41, 5.74) is 5.35. The summed E-state index contributed by atoms with van der Waals surface area (Å²) < 4.78 is 42.3. The Morgan fingerprint density at radius 3 is 2.11 bits per heavy atom. The molecule has 12 heteroatoms. The van der Waals surface area contributed by atoms with Crippen molar-refractivity contribution in [2.45, 2.75) is 31.1 Å². The first-order valence-corrected chi connectivity index (χ1v) is 14.5. The molecular formula is C26H35ClN4O5S2. The van der Waals surface area contributed by atoms with E-state index >= 15 is 0 Å². The van der Waals surface area contributed by atoms with E-state index in [-0.39, 0.29) is 15.4 Å². The van der Waals surface area contributed by atoms with Gasteiger partial charge in [0.05, 0.1) is 61.5 Å². The van der Waals surface area contributed by atoms with Gasteiger partial charge in [0.15, 0.2) is 5.11 Å². The molecular weight excluding hydrogens is 548 g/mol. The third-order valence-corrected chi connectivity index (χ3v) is 8.11. The van der Waals surface area contributed by atoms with Crippen molar-refractivity contribution in [2.24, 2.45) is 5.10 Å². The maximum atomic E-state index is 12.9. The van der Waals surface area contributed by atoms with Crippen LogP contribution in [0.25, 0.3) is 0 Å². The molecule has 2 fully saturated rings. The molecule has 2 saturated heterocycles. The molecule has 0 spiro atoms. The topological polar surface area (TPSA) is 101 Å². The van der Waals surface area contributed by atoms with Crippen LogP contribution < -0.4 is 10.7 Å². The van der Waals surface area contributed by atoms with E-state index in [1.165, 1.54) is 28.1 Å². The minimum absolute atomic E-state index is 0.0858. The number of rotatable bonds is 5. The number of anilines is 1. The average molecular weight is 583 g/mol. The first-order valence-electron chi connectivity index (χ1n) is 12.3. The smallest absolute Gasteiger partial charge is 0.243 e. The highest BCUT2D eigenvalue weighted by molar-refractivity contribution is 7.89. The van der Waals surface area contributed by atoms with Crippen LogP contribution in [0.3, 0.4) is 0 Å². The molecule has 2 N–H and O–H groups in total. The molecule has 0 bridgehead atoms. The summed E-state index contributed by atoms with van der Waals surface area (Å²) >= 11 is 11.5. The number of ether oxygens (including phenoxy) is 3. The van der Waals surface area contributed by atoms with E-state index < -0.39 is 10.0 Å². The molecule has 4 rings (SSSR count).